The van der Waals surface area contributed by atoms with Gasteiger partial charge in [0.05, 0.1) is 0 Å². The van der Waals surface area contributed by atoms with Crippen LogP contribution in [0.1, 0.15) is 22.3 Å². The molecule has 0 spiro atoms. The Labute approximate surface area is 330 Å². The van der Waals surface area contributed by atoms with Gasteiger partial charge in [-0.25, -0.2) is 4.98 Å². The molecule has 9 rings (SSSR count). The van der Waals surface area contributed by atoms with Crippen molar-refractivity contribution in [1.82, 2.24) is 19.5 Å². The summed E-state index contributed by atoms with van der Waals surface area (Å²) in [5, 5.41) is 2.45. The van der Waals surface area contributed by atoms with E-state index >= 15 is 0 Å². The number of fused-ring (bicyclic) bond motifs is 3. The van der Waals surface area contributed by atoms with Crippen LogP contribution in [0.5, 0.6) is 0 Å². The Morgan fingerprint density at radius 2 is 1.13 bits per heavy atom. The van der Waals surface area contributed by atoms with E-state index in [2.05, 4.69) is 117 Å². The largest absolute Gasteiger partial charge is 3.00 e. The van der Waals surface area contributed by atoms with Gasteiger partial charge in [-0.1, -0.05) is 78.3 Å². The predicted molar refractivity (Wildman–Crippen MR) is 216 cm³/mol. The smallest absolute Gasteiger partial charge is 0.319 e. The molecular formula is C49H37IrN4. The van der Waals surface area contributed by atoms with Crippen LogP contribution >= 0.6 is 0 Å². The molecule has 0 aliphatic carbocycles. The number of pyridine rings is 3. The van der Waals surface area contributed by atoms with Gasteiger partial charge in [-0.2, -0.15) is 24.3 Å². The van der Waals surface area contributed by atoms with Crippen LogP contribution in [0.3, 0.4) is 0 Å². The first-order valence-electron chi connectivity index (χ1n) is 18.0. The molecule has 4 heterocycles. The molecule has 0 unspecified atom stereocenters. The van der Waals surface area contributed by atoms with E-state index in [9.17, 15) is 0 Å². The first-order chi connectivity index (χ1) is 26.3. The number of hydrogen-bond acceptors (Lipinski definition) is 3. The van der Waals surface area contributed by atoms with Crippen LogP contribution in [-0.4, -0.2) is 19.5 Å². The summed E-state index contributed by atoms with van der Waals surface area (Å²) in [5.74, 6) is 0.927. The van der Waals surface area contributed by atoms with E-state index in [0.29, 0.717) is 0 Å². The minimum atomic E-state index is 0. The normalized spacial score (nSPS) is 10.7. The van der Waals surface area contributed by atoms with Crippen molar-refractivity contribution in [3.8, 4) is 28.3 Å². The first-order valence-corrected chi connectivity index (χ1v) is 18.0. The molecule has 0 atom stereocenters. The summed E-state index contributed by atoms with van der Waals surface area (Å²) in [4.78, 5) is 13.5. The molecule has 0 fully saturated rings. The fourth-order valence-corrected chi connectivity index (χ4v) is 6.71. The number of aromatic nitrogens is 4. The summed E-state index contributed by atoms with van der Waals surface area (Å²) >= 11 is 0. The average Bonchev–Trinajstić information content (AvgIpc) is 3.58. The van der Waals surface area contributed by atoms with Gasteiger partial charge in [-0.15, -0.1) is 76.7 Å². The zero-order chi connectivity index (χ0) is 35.7. The topological polar surface area (TPSA) is 43.6 Å². The first kappa shape index (κ1) is 36.4. The quantitative estimate of drug-likeness (QED) is 0.136. The molecule has 0 radical (unpaired) electrons. The summed E-state index contributed by atoms with van der Waals surface area (Å²) in [7, 11) is 0. The van der Waals surface area contributed by atoms with Crippen molar-refractivity contribution in [2.75, 3.05) is 0 Å². The molecule has 0 bridgehead atoms. The average molecular weight is 874 g/mol. The SMILES string of the molecule is [Ir+3].[c-]1cccc2c3ccccc3n(-c3ccccn3)c12.[c-]1ccccc1-c1ccc(CCc2cccc(CCc3cc[c-]c(-c4ccccn4)c3)c2)cn1. The van der Waals surface area contributed by atoms with E-state index in [0.717, 1.165) is 59.5 Å². The molecule has 5 aromatic carbocycles. The Bertz CT molecular complexity index is 2500. The van der Waals surface area contributed by atoms with Crippen LogP contribution in [0.15, 0.2) is 176 Å². The third kappa shape index (κ3) is 8.61. The standard InChI is InChI=1S/C32H26N2.C17H11N2.Ir/c1-2-11-29(12-3-1)32-20-19-28(24-34-32)18-17-26-9-6-8-25(22-26)15-16-27-10-7-13-30(23-27)31-14-4-5-21-33-31;1-3-9-15-13(7-1)14-8-2-4-10-16(14)19(15)17-11-5-6-12-18-17;/h1-11,14,19-24H,15-18H2;1-9,11-12H;/q-2;-1;+3. The van der Waals surface area contributed by atoms with Crippen LogP contribution < -0.4 is 0 Å². The van der Waals surface area contributed by atoms with Crippen molar-refractivity contribution in [3.05, 3.63) is 217 Å². The van der Waals surface area contributed by atoms with Gasteiger partial charge in [0.25, 0.3) is 0 Å². The zero-order valence-corrected chi connectivity index (χ0v) is 32.1. The minimum absolute atomic E-state index is 0. The summed E-state index contributed by atoms with van der Waals surface area (Å²) < 4.78 is 2.16. The molecule has 4 aromatic heterocycles. The number of para-hydroxylation sites is 2. The fourth-order valence-electron chi connectivity index (χ4n) is 6.71. The van der Waals surface area contributed by atoms with Crippen LogP contribution in [0.25, 0.3) is 50.1 Å². The summed E-state index contributed by atoms with van der Waals surface area (Å²) in [6.45, 7) is 0. The molecule has 0 saturated carbocycles. The number of aryl methyl sites for hydroxylation is 4. The molecule has 0 amide bonds. The van der Waals surface area contributed by atoms with E-state index < -0.39 is 0 Å². The molecule has 4 nitrogen and oxygen atoms in total. The monoisotopic (exact) mass is 874 g/mol. The van der Waals surface area contributed by atoms with Gasteiger partial charge in [0.15, 0.2) is 0 Å². The van der Waals surface area contributed by atoms with Gasteiger partial charge in [0.2, 0.25) is 0 Å². The van der Waals surface area contributed by atoms with Crippen molar-refractivity contribution >= 4 is 21.8 Å². The molecule has 0 aliphatic heterocycles. The third-order valence-corrected chi connectivity index (χ3v) is 9.38. The Morgan fingerprint density at radius 3 is 1.87 bits per heavy atom. The third-order valence-electron chi connectivity index (χ3n) is 9.38. The summed E-state index contributed by atoms with van der Waals surface area (Å²) in [6, 6.07) is 63.9. The number of hydrogen-bond donors (Lipinski definition) is 0. The van der Waals surface area contributed by atoms with E-state index in [4.69, 9.17) is 0 Å². The van der Waals surface area contributed by atoms with Crippen LogP contribution in [0, 0.1) is 18.2 Å². The van der Waals surface area contributed by atoms with E-state index in [1.807, 2.05) is 97.5 Å². The molecule has 0 aliphatic rings. The maximum Gasteiger partial charge on any atom is 3.00 e. The molecule has 54 heavy (non-hydrogen) atoms. The van der Waals surface area contributed by atoms with Crippen molar-refractivity contribution in [2.24, 2.45) is 0 Å². The fraction of sp³-hybridized carbons (Fsp3) is 0.0816. The van der Waals surface area contributed by atoms with Gasteiger partial charge < -0.3 is 14.5 Å². The van der Waals surface area contributed by atoms with Gasteiger partial charge >= 0.3 is 20.1 Å². The molecular weight excluding hydrogens is 837 g/mol. The van der Waals surface area contributed by atoms with Crippen molar-refractivity contribution in [3.63, 3.8) is 0 Å². The molecule has 5 heteroatoms. The van der Waals surface area contributed by atoms with E-state index in [1.165, 1.54) is 38.5 Å². The van der Waals surface area contributed by atoms with Gasteiger partial charge in [-0.3, -0.25) is 0 Å². The Hall–Kier alpha value is -6.00. The predicted octanol–water partition coefficient (Wildman–Crippen LogP) is 11.0. The van der Waals surface area contributed by atoms with E-state index in [1.54, 1.807) is 0 Å². The molecule has 262 valence electrons. The van der Waals surface area contributed by atoms with Crippen LogP contribution in [0.4, 0.5) is 0 Å². The second kappa shape index (κ2) is 17.7. The van der Waals surface area contributed by atoms with Crippen molar-refractivity contribution in [1.29, 1.82) is 0 Å². The van der Waals surface area contributed by atoms with Gasteiger partial charge in [0, 0.05) is 24.1 Å². The Kier molecular flexibility index (Phi) is 11.9. The van der Waals surface area contributed by atoms with Gasteiger partial charge in [0.1, 0.15) is 5.82 Å². The maximum absolute atomic E-state index is 4.63. The zero-order valence-electron chi connectivity index (χ0n) is 29.7. The Morgan fingerprint density at radius 1 is 0.444 bits per heavy atom. The maximum atomic E-state index is 4.63. The number of rotatable bonds is 9. The minimum Gasteiger partial charge on any atom is -0.319 e. The number of benzene rings is 5. The van der Waals surface area contributed by atoms with E-state index in [-0.39, 0.29) is 20.1 Å². The summed E-state index contributed by atoms with van der Waals surface area (Å²) in [6.07, 6.45) is 9.65. The van der Waals surface area contributed by atoms with Crippen molar-refractivity contribution < 1.29 is 20.1 Å². The number of nitrogens with zero attached hydrogens (tertiary/aromatic N) is 4. The second-order valence-corrected chi connectivity index (χ2v) is 12.9. The van der Waals surface area contributed by atoms with Gasteiger partial charge in [-0.05, 0) is 83.4 Å². The van der Waals surface area contributed by atoms with Crippen LogP contribution in [-0.2, 0) is 45.8 Å². The Balaban J connectivity index is 0.000000190. The summed E-state index contributed by atoms with van der Waals surface area (Å²) in [5.41, 5.74) is 11.6. The molecule has 0 N–H and O–H groups in total. The van der Waals surface area contributed by atoms with Crippen LogP contribution in [0.2, 0.25) is 0 Å². The molecule has 0 saturated heterocycles. The second-order valence-electron chi connectivity index (χ2n) is 12.9. The molecule has 9 aromatic rings. The van der Waals surface area contributed by atoms with Crippen molar-refractivity contribution in [2.45, 2.75) is 25.7 Å².